The van der Waals surface area contributed by atoms with Crippen molar-refractivity contribution in [3.63, 3.8) is 0 Å². The van der Waals surface area contributed by atoms with E-state index in [1.54, 1.807) is 43.0 Å². The Bertz CT molecular complexity index is 2530. The third kappa shape index (κ3) is 9.65. The highest BCUT2D eigenvalue weighted by atomic mass is 16.6. The molecule has 0 saturated carbocycles. The highest BCUT2D eigenvalue weighted by Gasteiger charge is 2.39. The number of aromatic amines is 2. The number of nitrogens with one attached hydrogen (secondary N) is 4. The molecule has 2 aliphatic heterocycles. The molecule has 2 aromatic heterocycles. The summed E-state index contributed by atoms with van der Waals surface area (Å²) in [6.45, 7) is 6.46. The van der Waals surface area contributed by atoms with Crippen LogP contribution in [0.3, 0.4) is 0 Å². The highest BCUT2D eigenvalue weighted by Crippen LogP contribution is 2.36. The molecule has 63 heavy (non-hydrogen) atoms. The number of amides is 4. The molecule has 0 unspecified atom stereocenters. The normalized spacial score (nSPS) is 17.2. The smallest absolute Gasteiger partial charge is 0.408 e. The summed E-state index contributed by atoms with van der Waals surface area (Å²) in [5.74, 6) is 0.958. The zero-order valence-electron chi connectivity index (χ0n) is 35.8. The monoisotopic (exact) mass is 848 g/mol. The van der Waals surface area contributed by atoms with Gasteiger partial charge in [-0.15, -0.1) is 0 Å². The fourth-order valence-electron chi connectivity index (χ4n) is 8.42. The Morgan fingerprint density at radius 1 is 0.603 bits per heavy atom. The van der Waals surface area contributed by atoms with Gasteiger partial charge in [-0.25, -0.2) is 19.6 Å². The van der Waals surface area contributed by atoms with Crippen LogP contribution >= 0.6 is 0 Å². The number of aromatic nitrogens is 4. The average Bonchev–Trinajstić information content (AvgIpc) is 4.15. The van der Waals surface area contributed by atoms with Crippen LogP contribution in [0.1, 0.15) is 93.4 Å². The Hall–Kier alpha value is -7.22. The largest absolute Gasteiger partial charge is 0.453 e. The molecule has 2 saturated heterocycles. The van der Waals surface area contributed by atoms with Gasteiger partial charge in [-0.05, 0) is 79.8 Å². The lowest BCUT2D eigenvalue weighted by atomic mass is 10.0. The number of imidazole rings is 2. The van der Waals surface area contributed by atoms with Crippen molar-refractivity contribution in [1.29, 1.82) is 0 Å². The lowest BCUT2D eigenvalue weighted by Crippen LogP contribution is -2.44. The molecule has 324 valence electrons. The fraction of sp³-hybridized carbons (Fsp3) is 0.306. The second-order valence-electron chi connectivity index (χ2n) is 16.9. The summed E-state index contributed by atoms with van der Waals surface area (Å²) in [6, 6.07) is 32.5. The number of rotatable bonds is 11. The second kappa shape index (κ2) is 18.4. The van der Waals surface area contributed by atoms with Crippen molar-refractivity contribution in [3.05, 3.63) is 144 Å². The van der Waals surface area contributed by atoms with E-state index in [0.717, 1.165) is 59.3 Å². The van der Waals surface area contributed by atoms with Gasteiger partial charge in [-0.1, -0.05) is 109 Å². The number of carbonyl (C=O) groups excluding carboxylic acids is 4. The van der Waals surface area contributed by atoms with E-state index in [1.165, 1.54) is 7.11 Å². The quantitative estimate of drug-likeness (QED) is 0.100. The van der Waals surface area contributed by atoms with Crippen molar-refractivity contribution in [2.24, 2.45) is 0 Å². The number of alkyl carbamates (subject to hydrolysis) is 2. The molecule has 2 aliphatic rings. The first-order valence-corrected chi connectivity index (χ1v) is 21.3. The number of hydrogen-bond acceptors (Lipinski definition) is 8. The first-order chi connectivity index (χ1) is 30.5. The molecule has 4 amide bonds. The number of carbonyl (C=O) groups is 4. The average molecular weight is 849 g/mol. The summed E-state index contributed by atoms with van der Waals surface area (Å²) in [6.07, 6.45) is 5.38. The van der Waals surface area contributed by atoms with Crippen LogP contribution in [-0.2, 0) is 19.1 Å². The van der Waals surface area contributed by atoms with Gasteiger partial charge in [0.2, 0.25) is 0 Å². The molecule has 2 fully saturated rings. The molecule has 0 aliphatic carbocycles. The van der Waals surface area contributed by atoms with Gasteiger partial charge in [-0.3, -0.25) is 9.59 Å². The van der Waals surface area contributed by atoms with Crippen LogP contribution in [0, 0.1) is 0 Å². The summed E-state index contributed by atoms with van der Waals surface area (Å²) in [5, 5.41) is 5.53. The molecule has 4 aromatic carbocycles. The molecule has 6 aromatic rings. The van der Waals surface area contributed by atoms with Gasteiger partial charge < -0.3 is 39.9 Å². The maximum absolute atomic E-state index is 14.2. The molecule has 14 nitrogen and oxygen atoms in total. The topological polar surface area (TPSA) is 175 Å². The molecule has 4 atom stereocenters. The van der Waals surface area contributed by atoms with Gasteiger partial charge in [-0.2, -0.15) is 0 Å². The Kier molecular flexibility index (Phi) is 12.4. The standard InChI is InChI=1S/C49H52N8O6/c1-49(2,3)63-48(61)55-42(36-15-9-6-10-16-36)46(59)57-28-12-18-40(57)44-51-30-38(53-44)34-25-21-32(22-26-34)31-19-23-33(24-20-31)37-29-50-43(52-37)39-17-11-27-56(39)45(58)41(54-47(60)62-4)35-13-7-5-8-14-35/h5-10,13-16,19-26,29-30,39-42H,11-12,17-18,27-28H2,1-4H3,(H,50,52)(H,51,53)(H,54,60)(H,55,61)/t39-,40-,41+,42+/m0/s1. The van der Waals surface area contributed by atoms with Gasteiger partial charge in [0.05, 0.1) is 43.0 Å². The van der Waals surface area contributed by atoms with E-state index in [0.29, 0.717) is 35.9 Å². The third-order valence-electron chi connectivity index (χ3n) is 11.5. The first kappa shape index (κ1) is 42.5. The van der Waals surface area contributed by atoms with Crippen molar-refractivity contribution in [3.8, 4) is 33.6 Å². The number of hydrogen-bond donors (Lipinski definition) is 4. The van der Waals surface area contributed by atoms with Gasteiger partial charge in [0.15, 0.2) is 0 Å². The molecule has 4 heterocycles. The van der Waals surface area contributed by atoms with Crippen molar-refractivity contribution in [1.82, 2.24) is 40.4 Å². The number of likely N-dealkylation sites (tertiary alicyclic amines) is 2. The van der Waals surface area contributed by atoms with Crippen molar-refractivity contribution >= 4 is 24.0 Å². The lowest BCUT2D eigenvalue weighted by Gasteiger charge is -2.29. The van der Waals surface area contributed by atoms with Crippen LogP contribution in [0.15, 0.2) is 122 Å². The number of benzene rings is 4. The van der Waals surface area contributed by atoms with Crippen LogP contribution in [0.25, 0.3) is 33.6 Å². The van der Waals surface area contributed by atoms with Crippen LogP contribution < -0.4 is 10.6 Å². The first-order valence-electron chi connectivity index (χ1n) is 21.3. The number of nitrogens with zero attached hydrogens (tertiary/aromatic N) is 4. The van der Waals surface area contributed by atoms with Gasteiger partial charge in [0.1, 0.15) is 29.3 Å². The maximum Gasteiger partial charge on any atom is 0.408 e. The minimum atomic E-state index is -0.910. The summed E-state index contributed by atoms with van der Waals surface area (Å²) >= 11 is 0. The highest BCUT2D eigenvalue weighted by molar-refractivity contribution is 5.88. The molecule has 0 bridgehead atoms. The predicted octanol–water partition coefficient (Wildman–Crippen LogP) is 8.82. The molecule has 8 rings (SSSR count). The molecular weight excluding hydrogens is 797 g/mol. The zero-order chi connectivity index (χ0) is 44.1. The van der Waals surface area contributed by atoms with Gasteiger partial charge in [0.25, 0.3) is 11.8 Å². The van der Waals surface area contributed by atoms with E-state index in [-0.39, 0.29) is 23.9 Å². The lowest BCUT2D eigenvalue weighted by molar-refractivity contribution is -0.135. The number of H-pyrrole nitrogens is 2. The van der Waals surface area contributed by atoms with Crippen LogP contribution in [0.5, 0.6) is 0 Å². The SMILES string of the molecule is COC(=O)N[C@@H](C(=O)N1CCC[C@H]1c1ncc(-c2ccc(-c3ccc(-c4cnc([C@@H]5CCCN5C(=O)[C@H](NC(=O)OC(C)(C)C)c5ccccc5)[nH]4)cc3)cc2)[nH]1)c1ccccc1. The van der Waals surface area contributed by atoms with Crippen LogP contribution in [0.4, 0.5) is 9.59 Å². The minimum Gasteiger partial charge on any atom is -0.453 e. The second-order valence-corrected chi connectivity index (χ2v) is 16.9. The van der Waals surface area contributed by atoms with E-state index in [9.17, 15) is 19.2 Å². The third-order valence-corrected chi connectivity index (χ3v) is 11.5. The van der Waals surface area contributed by atoms with Crippen LogP contribution in [0.2, 0.25) is 0 Å². The summed E-state index contributed by atoms with van der Waals surface area (Å²) in [5.41, 5.74) is 6.32. The van der Waals surface area contributed by atoms with Gasteiger partial charge >= 0.3 is 12.2 Å². The van der Waals surface area contributed by atoms with Crippen molar-refractivity contribution in [2.45, 2.75) is 76.2 Å². The number of ether oxygens (including phenoxy) is 2. The van der Waals surface area contributed by atoms with E-state index < -0.39 is 29.9 Å². The number of methoxy groups -OCH3 is 1. The Morgan fingerprint density at radius 2 is 1.00 bits per heavy atom. The van der Waals surface area contributed by atoms with Crippen molar-refractivity contribution in [2.75, 3.05) is 20.2 Å². The minimum absolute atomic E-state index is 0.216. The maximum atomic E-state index is 14.2. The van der Waals surface area contributed by atoms with Crippen LogP contribution in [-0.4, -0.2) is 79.5 Å². The molecule has 0 spiro atoms. The predicted molar refractivity (Wildman–Crippen MR) is 238 cm³/mol. The van der Waals surface area contributed by atoms with E-state index in [1.807, 2.05) is 84.9 Å². The molecule has 0 radical (unpaired) electrons. The van der Waals surface area contributed by atoms with E-state index >= 15 is 0 Å². The van der Waals surface area contributed by atoms with Crippen molar-refractivity contribution < 1.29 is 28.7 Å². The summed E-state index contributed by atoms with van der Waals surface area (Å²) in [7, 11) is 1.28. The zero-order valence-corrected chi connectivity index (χ0v) is 35.8. The van der Waals surface area contributed by atoms with E-state index in [2.05, 4.69) is 44.9 Å². The summed E-state index contributed by atoms with van der Waals surface area (Å²) < 4.78 is 10.3. The fourth-order valence-corrected chi connectivity index (χ4v) is 8.42. The Labute approximate surface area is 366 Å². The van der Waals surface area contributed by atoms with Gasteiger partial charge in [0, 0.05) is 13.1 Å². The molecule has 14 heteroatoms. The Morgan fingerprint density at radius 3 is 1.40 bits per heavy atom. The molecular formula is C49H52N8O6. The summed E-state index contributed by atoms with van der Waals surface area (Å²) in [4.78, 5) is 73.1. The van der Waals surface area contributed by atoms with E-state index in [4.69, 9.17) is 19.4 Å². The molecule has 4 N–H and O–H groups in total. The Balaban J connectivity index is 0.925.